The van der Waals surface area contributed by atoms with Gasteiger partial charge in [-0.15, -0.1) is 0 Å². The Morgan fingerprint density at radius 1 is 0.442 bits per heavy atom. The standard InChI is InChI=1S/C25H36O2.C23H32O2/c1-4-6-7-8-9-10-11-12-13-14-15-16-17-18-19-20-21-22-24(3)23-25(26)27-5-2;1-3-4-5-6-7-8-9-10-11-12-13-14-15-16-17-18-19-20-22(2)21-23(24)25/h6-7,9-10,12-13,15-16,19-23H,4-5,8,11,14,17-18H2,1-3H3;4-5,7-8,10-11,13-14,17-21H,3,6,9,12,15-16H2,1-2H3,(H,24,25)/b7-6-,10-9-,13-12-,16-15-,20-19+,22-21+,24-23?;5-4-,8-7-,11-10-,14-13-,18-17+,20-19+,22-21+. The fraction of sp³-hybridized carbons (Fsp3) is 0.375. The van der Waals surface area contributed by atoms with Crippen molar-refractivity contribution in [2.24, 2.45) is 0 Å². The number of carbonyl (C=O) groups excluding carboxylic acids is 1. The van der Waals surface area contributed by atoms with Crippen LogP contribution in [-0.2, 0) is 14.3 Å². The first-order valence-corrected chi connectivity index (χ1v) is 19.0. The second-order valence-corrected chi connectivity index (χ2v) is 11.6. The van der Waals surface area contributed by atoms with Crippen LogP contribution < -0.4 is 0 Å². The zero-order valence-corrected chi connectivity index (χ0v) is 32.9. The van der Waals surface area contributed by atoms with Crippen LogP contribution in [0.3, 0.4) is 0 Å². The summed E-state index contributed by atoms with van der Waals surface area (Å²) < 4.78 is 4.86. The fourth-order valence-electron chi connectivity index (χ4n) is 4.01. The number of allylic oxidation sites excluding steroid dienone is 26. The van der Waals surface area contributed by atoms with Crippen LogP contribution in [0.4, 0.5) is 0 Å². The summed E-state index contributed by atoms with van der Waals surface area (Å²) in [6.07, 6.45) is 65.9. The summed E-state index contributed by atoms with van der Waals surface area (Å²) in [5.41, 5.74) is 1.62. The third-order valence-corrected chi connectivity index (χ3v) is 6.63. The van der Waals surface area contributed by atoms with Gasteiger partial charge in [0.1, 0.15) is 0 Å². The van der Waals surface area contributed by atoms with Crippen LogP contribution in [-0.4, -0.2) is 23.7 Å². The van der Waals surface area contributed by atoms with Gasteiger partial charge >= 0.3 is 11.9 Å². The average Bonchev–Trinajstić information content (AvgIpc) is 3.11. The second-order valence-electron chi connectivity index (χ2n) is 11.6. The molecule has 0 radical (unpaired) electrons. The van der Waals surface area contributed by atoms with Gasteiger partial charge in [0.2, 0.25) is 0 Å². The summed E-state index contributed by atoms with van der Waals surface area (Å²) in [5.74, 6) is -1.20. The van der Waals surface area contributed by atoms with Crippen LogP contribution in [0.5, 0.6) is 0 Å². The van der Waals surface area contributed by atoms with Gasteiger partial charge in [0.15, 0.2) is 0 Å². The highest BCUT2D eigenvalue weighted by Crippen LogP contribution is 2.01. The Labute approximate surface area is 317 Å². The summed E-state index contributed by atoms with van der Waals surface area (Å²) >= 11 is 0. The molecule has 0 bridgehead atoms. The van der Waals surface area contributed by atoms with Gasteiger partial charge in [-0.3, -0.25) is 0 Å². The van der Waals surface area contributed by atoms with Gasteiger partial charge in [-0.25, -0.2) is 9.59 Å². The van der Waals surface area contributed by atoms with Crippen LogP contribution in [0, 0.1) is 0 Å². The van der Waals surface area contributed by atoms with E-state index in [4.69, 9.17) is 9.84 Å². The minimum absolute atomic E-state index is 0.289. The molecule has 0 amide bonds. The van der Waals surface area contributed by atoms with Crippen LogP contribution in [0.15, 0.2) is 169 Å². The lowest BCUT2D eigenvalue weighted by Crippen LogP contribution is -1.99. The molecule has 0 rings (SSSR count). The zero-order valence-electron chi connectivity index (χ0n) is 32.9. The first-order chi connectivity index (χ1) is 25.4. The van der Waals surface area contributed by atoms with E-state index in [1.54, 1.807) is 19.9 Å². The molecule has 0 saturated heterocycles. The molecule has 0 aromatic carbocycles. The molecule has 0 aliphatic heterocycles. The molecule has 0 aromatic rings. The van der Waals surface area contributed by atoms with Gasteiger partial charge in [-0.1, -0.05) is 160 Å². The van der Waals surface area contributed by atoms with Crippen molar-refractivity contribution in [1.29, 1.82) is 0 Å². The van der Waals surface area contributed by atoms with Crippen LogP contribution >= 0.6 is 0 Å². The van der Waals surface area contributed by atoms with Gasteiger partial charge in [0.05, 0.1) is 6.61 Å². The van der Waals surface area contributed by atoms with Crippen molar-refractivity contribution < 1.29 is 19.4 Å². The van der Waals surface area contributed by atoms with E-state index in [1.807, 2.05) is 37.3 Å². The lowest BCUT2D eigenvalue weighted by molar-refractivity contribution is -0.137. The number of aliphatic carboxylic acids is 1. The molecular weight excluding hydrogens is 641 g/mol. The number of carbonyl (C=O) groups is 2. The molecule has 0 atom stereocenters. The van der Waals surface area contributed by atoms with Gasteiger partial charge in [0.25, 0.3) is 0 Å². The molecule has 0 saturated carbocycles. The Bertz CT molecular complexity index is 1310. The van der Waals surface area contributed by atoms with E-state index in [9.17, 15) is 9.59 Å². The Balaban J connectivity index is 0. The van der Waals surface area contributed by atoms with E-state index < -0.39 is 5.97 Å². The molecule has 1 N–H and O–H groups in total. The van der Waals surface area contributed by atoms with E-state index in [0.29, 0.717) is 6.61 Å². The lowest BCUT2D eigenvalue weighted by atomic mass is 10.2. The van der Waals surface area contributed by atoms with Crippen molar-refractivity contribution in [2.75, 3.05) is 6.61 Å². The van der Waals surface area contributed by atoms with Crippen molar-refractivity contribution in [3.63, 3.8) is 0 Å². The van der Waals surface area contributed by atoms with Crippen LogP contribution in [0.25, 0.3) is 0 Å². The van der Waals surface area contributed by atoms with Gasteiger partial charge in [-0.05, 0) is 109 Å². The van der Waals surface area contributed by atoms with E-state index in [0.717, 1.165) is 88.2 Å². The Morgan fingerprint density at radius 3 is 1.12 bits per heavy atom. The highest BCUT2D eigenvalue weighted by atomic mass is 16.5. The van der Waals surface area contributed by atoms with Gasteiger partial charge in [-0.2, -0.15) is 0 Å². The van der Waals surface area contributed by atoms with Crippen LogP contribution in [0.1, 0.15) is 112 Å². The van der Waals surface area contributed by atoms with E-state index in [2.05, 4.69) is 123 Å². The van der Waals surface area contributed by atoms with Gasteiger partial charge < -0.3 is 9.84 Å². The summed E-state index contributed by atoms with van der Waals surface area (Å²) in [6, 6.07) is 0. The molecule has 0 fully saturated rings. The monoisotopic (exact) mass is 709 g/mol. The number of unbranched alkanes of at least 4 members (excludes halogenated alkanes) is 2. The maximum Gasteiger partial charge on any atom is 0.330 e. The largest absolute Gasteiger partial charge is 0.478 e. The Hall–Kier alpha value is -4.70. The maximum absolute atomic E-state index is 11.3. The minimum atomic E-state index is -0.912. The predicted octanol–water partition coefficient (Wildman–Crippen LogP) is 13.9. The van der Waals surface area contributed by atoms with Crippen molar-refractivity contribution >= 4 is 11.9 Å². The molecule has 4 heteroatoms. The zero-order chi connectivity index (χ0) is 38.6. The first-order valence-electron chi connectivity index (χ1n) is 19.0. The number of ether oxygens (including phenoxy) is 1. The number of hydrogen-bond acceptors (Lipinski definition) is 3. The highest BCUT2D eigenvalue weighted by molar-refractivity contribution is 5.83. The summed E-state index contributed by atoms with van der Waals surface area (Å²) in [7, 11) is 0. The first kappa shape index (κ1) is 49.4. The van der Waals surface area contributed by atoms with Crippen molar-refractivity contribution in [2.45, 2.75) is 112 Å². The van der Waals surface area contributed by atoms with Crippen molar-refractivity contribution in [3.8, 4) is 0 Å². The highest BCUT2D eigenvalue weighted by Gasteiger charge is 1.94. The van der Waals surface area contributed by atoms with E-state index >= 15 is 0 Å². The number of hydrogen-bond donors (Lipinski definition) is 1. The molecule has 0 aromatic heterocycles. The fourth-order valence-corrected chi connectivity index (χ4v) is 4.01. The van der Waals surface area contributed by atoms with E-state index in [-0.39, 0.29) is 5.97 Å². The number of esters is 1. The normalized spacial score (nSPS) is 13.6. The smallest absolute Gasteiger partial charge is 0.330 e. The van der Waals surface area contributed by atoms with Crippen molar-refractivity contribution in [1.82, 2.24) is 0 Å². The average molecular weight is 709 g/mol. The SMILES string of the molecule is CC/C=C\C/C=C\C/C=C\C/C=C\CC/C=C/C=C/C(C)=C/C(=O)O.CC/C=C\C/C=C\C/C=C\C/C=C\CC/C=C/C=C/C(C)=CC(=O)OCC. The molecule has 284 valence electrons. The predicted molar refractivity (Wildman–Crippen MR) is 228 cm³/mol. The Morgan fingerprint density at radius 2 is 0.769 bits per heavy atom. The van der Waals surface area contributed by atoms with E-state index in [1.165, 1.54) is 12.2 Å². The Kier molecular flexibility index (Phi) is 40.4. The third-order valence-electron chi connectivity index (χ3n) is 6.63. The van der Waals surface area contributed by atoms with Crippen LogP contribution in [0.2, 0.25) is 0 Å². The number of carboxylic acid groups (broad SMARTS) is 1. The summed E-state index contributed by atoms with van der Waals surface area (Å²) in [4.78, 5) is 21.7. The molecule has 0 spiro atoms. The molecule has 0 unspecified atom stereocenters. The molecule has 4 nitrogen and oxygen atoms in total. The number of rotatable bonds is 27. The molecular formula is C48H68O4. The quantitative estimate of drug-likeness (QED) is 0.0303. The van der Waals surface area contributed by atoms with Crippen molar-refractivity contribution in [3.05, 3.63) is 169 Å². The minimum Gasteiger partial charge on any atom is -0.478 e. The molecule has 0 heterocycles. The summed E-state index contributed by atoms with van der Waals surface area (Å²) in [6.45, 7) is 10.2. The lowest BCUT2D eigenvalue weighted by Gasteiger charge is -1.95. The molecule has 0 aliphatic rings. The maximum atomic E-state index is 11.3. The summed E-state index contributed by atoms with van der Waals surface area (Å²) in [5, 5.41) is 8.58. The second kappa shape index (κ2) is 42.5. The topological polar surface area (TPSA) is 63.6 Å². The molecule has 52 heavy (non-hydrogen) atoms. The number of carboxylic acids is 1. The van der Waals surface area contributed by atoms with Gasteiger partial charge in [0, 0.05) is 12.2 Å². The third kappa shape index (κ3) is 45.3. The molecule has 0 aliphatic carbocycles.